The maximum absolute atomic E-state index is 12.3. The number of amides is 1. The fraction of sp³-hybridized carbons (Fsp3) is 0.933. The molecule has 3 rings (SSSR count). The van der Waals surface area contributed by atoms with E-state index in [4.69, 9.17) is 5.73 Å². The van der Waals surface area contributed by atoms with Crippen LogP contribution in [0, 0.1) is 5.92 Å². The van der Waals surface area contributed by atoms with Crippen molar-refractivity contribution in [1.29, 1.82) is 0 Å². The van der Waals surface area contributed by atoms with Gasteiger partial charge >= 0.3 is 0 Å². The van der Waals surface area contributed by atoms with Gasteiger partial charge in [-0.05, 0) is 45.4 Å². The molecule has 0 aromatic rings. The lowest BCUT2D eigenvalue weighted by atomic mass is 9.85. The highest BCUT2D eigenvalue weighted by atomic mass is 16.2. The fourth-order valence-electron chi connectivity index (χ4n) is 3.86. The summed E-state index contributed by atoms with van der Waals surface area (Å²) in [7, 11) is 0. The molecule has 3 fully saturated rings. The molecule has 0 aromatic carbocycles. The Labute approximate surface area is 116 Å². The van der Waals surface area contributed by atoms with Crippen LogP contribution in [0.15, 0.2) is 0 Å². The number of hydrogen-bond donors (Lipinski definition) is 2. The van der Waals surface area contributed by atoms with Crippen LogP contribution in [0.1, 0.15) is 51.9 Å². The predicted octanol–water partition coefficient (Wildman–Crippen LogP) is 1.25. The zero-order valence-electron chi connectivity index (χ0n) is 12.0. The van der Waals surface area contributed by atoms with Crippen molar-refractivity contribution in [2.24, 2.45) is 11.7 Å². The number of likely N-dealkylation sites (tertiary alicyclic amines) is 1. The van der Waals surface area contributed by atoms with E-state index in [9.17, 15) is 4.79 Å². The maximum atomic E-state index is 12.3. The molecule has 1 aliphatic heterocycles. The predicted molar refractivity (Wildman–Crippen MR) is 75.7 cm³/mol. The van der Waals surface area contributed by atoms with E-state index >= 15 is 0 Å². The van der Waals surface area contributed by atoms with E-state index in [-0.39, 0.29) is 17.9 Å². The maximum Gasteiger partial charge on any atom is 0.223 e. The lowest BCUT2D eigenvalue weighted by molar-refractivity contribution is -0.126. The molecule has 2 aliphatic carbocycles. The third-order valence-electron chi connectivity index (χ3n) is 5.07. The zero-order chi connectivity index (χ0) is 13.4. The SMILES string of the molecule is CC1CC(NC(=O)C2CCCC(N)C2)CN1C1CC1. The van der Waals surface area contributed by atoms with Gasteiger partial charge in [-0.3, -0.25) is 9.69 Å². The highest BCUT2D eigenvalue weighted by Gasteiger charge is 2.39. The average Bonchev–Trinajstić information content (AvgIpc) is 3.14. The summed E-state index contributed by atoms with van der Waals surface area (Å²) in [6.07, 6.45) is 7.90. The Morgan fingerprint density at radius 3 is 2.68 bits per heavy atom. The molecule has 0 bridgehead atoms. The molecule has 1 amide bonds. The summed E-state index contributed by atoms with van der Waals surface area (Å²) in [5, 5.41) is 3.28. The minimum absolute atomic E-state index is 0.161. The molecule has 0 radical (unpaired) electrons. The second-order valence-corrected chi connectivity index (χ2v) is 6.84. The van der Waals surface area contributed by atoms with Crippen molar-refractivity contribution in [2.75, 3.05) is 6.54 Å². The van der Waals surface area contributed by atoms with E-state index in [2.05, 4.69) is 17.1 Å². The second kappa shape index (κ2) is 5.41. The van der Waals surface area contributed by atoms with E-state index < -0.39 is 0 Å². The first kappa shape index (κ1) is 13.4. The van der Waals surface area contributed by atoms with Crippen LogP contribution in [0.5, 0.6) is 0 Å². The molecule has 4 unspecified atom stereocenters. The van der Waals surface area contributed by atoms with Gasteiger partial charge in [-0.25, -0.2) is 0 Å². The summed E-state index contributed by atoms with van der Waals surface area (Å²) in [6, 6.07) is 2.03. The lowest BCUT2D eigenvalue weighted by Crippen LogP contribution is -2.43. The van der Waals surface area contributed by atoms with Crippen molar-refractivity contribution < 1.29 is 4.79 Å². The molecule has 3 aliphatic rings. The Hall–Kier alpha value is -0.610. The Kier molecular flexibility index (Phi) is 3.81. The summed E-state index contributed by atoms with van der Waals surface area (Å²) in [5.41, 5.74) is 5.97. The minimum atomic E-state index is 0.161. The molecule has 0 spiro atoms. The normalized spacial score (nSPS) is 40.3. The molecule has 19 heavy (non-hydrogen) atoms. The first-order valence-electron chi connectivity index (χ1n) is 7.95. The number of carbonyl (C=O) groups excluding carboxylic acids is 1. The molecule has 4 nitrogen and oxygen atoms in total. The second-order valence-electron chi connectivity index (χ2n) is 6.84. The number of carbonyl (C=O) groups is 1. The van der Waals surface area contributed by atoms with E-state index in [0.717, 1.165) is 44.7 Å². The van der Waals surface area contributed by atoms with Gasteiger partial charge in [-0.1, -0.05) is 6.42 Å². The summed E-state index contributed by atoms with van der Waals surface area (Å²) < 4.78 is 0. The standard InChI is InChI=1S/C15H27N3O/c1-10-7-13(9-18(10)14-5-6-14)17-15(19)11-3-2-4-12(16)8-11/h10-14H,2-9,16H2,1H3,(H,17,19). The van der Waals surface area contributed by atoms with E-state index in [1.165, 1.54) is 12.8 Å². The van der Waals surface area contributed by atoms with Crippen molar-refractivity contribution in [2.45, 2.75) is 76.0 Å². The molecular formula is C15H27N3O. The van der Waals surface area contributed by atoms with Gasteiger partial charge in [0.1, 0.15) is 0 Å². The number of nitrogens with one attached hydrogen (secondary N) is 1. The largest absolute Gasteiger partial charge is 0.352 e. The highest BCUT2D eigenvalue weighted by Crippen LogP contribution is 2.33. The zero-order valence-corrected chi connectivity index (χ0v) is 12.0. The van der Waals surface area contributed by atoms with Crippen LogP contribution in [0.3, 0.4) is 0 Å². The smallest absolute Gasteiger partial charge is 0.223 e. The molecule has 3 N–H and O–H groups in total. The number of nitrogens with two attached hydrogens (primary N) is 1. The molecule has 2 saturated carbocycles. The van der Waals surface area contributed by atoms with E-state index in [1.54, 1.807) is 0 Å². The van der Waals surface area contributed by atoms with Crippen LogP contribution >= 0.6 is 0 Å². The Morgan fingerprint density at radius 1 is 1.21 bits per heavy atom. The molecule has 1 heterocycles. The summed E-state index contributed by atoms with van der Waals surface area (Å²) >= 11 is 0. The summed E-state index contributed by atoms with van der Waals surface area (Å²) in [6.45, 7) is 3.34. The van der Waals surface area contributed by atoms with Crippen LogP contribution in [-0.2, 0) is 4.79 Å². The number of hydrogen-bond acceptors (Lipinski definition) is 3. The molecule has 1 saturated heterocycles. The van der Waals surface area contributed by atoms with Crippen LogP contribution in [0.2, 0.25) is 0 Å². The third-order valence-corrected chi connectivity index (χ3v) is 5.07. The van der Waals surface area contributed by atoms with Gasteiger partial charge in [0.15, 0.2) is 0 Å². The van der Waals surface area contributed by atoms with Gasteiger partial charge in [-0.2, -0.15) is 0 Å². The van der Waals surface area contributed by atoms with Gasteiger partial charge in [-0.15, -0.1) is 0 Å². The Morgan fingerprint density at radius 2 is 2.00 bits per heavy atom. The Bertz CT molecular complexity index is 342. The van der Waals surface area contributed by atoms with Crippen molar-refractivity contribution in [1.82, 2.24) is 10.2 Å². The van der Waals surface area contributed by atoms with Crippen LogP contribution < -0.4 is 11.1 Å². The summed E-state index contributed by atoms with van der Waals surface area (Å²) in [4.78, 5) is 14.9. The molecule has 108 valence electrons. The van der Waals surface area contributed by atoms with Crippen molar-refractivity contribution in [3.05, 3.63) is 0 Å². The fourth-order valence-corrected chi connectivity index (χ4v) is 3.86. The molecule has 4 heteroatoms. The van der Waals surface area contributed by atoms with Crippen LogP contribution in [0.25, 0.3) is 0 Å². The van der Waals surface area contributed by atoms with Crippen molar-refractivity contribution >= 4 is 5.91 Å². The highest BCUT2D eigenvalue weighted by molar-refractivity contribution is 5.79. The first-order valence-corrected chi connectivity index (χ1v) is 7.95. The quantitative estimate of drug-likeness (QED) is 0.807. The number of nitrogens with zero attached hydrogens (tertiary/aromatic N) is 1. The van der Waals surface area contributed by atoms with Gasteiger partial charge in [0.25, 0.3) is 0 Å². The van der Waals surface area contributed by atoms with Crippen LogP contribution in [-0.4, -0.2) is 41.5 Å². The van der Waals surface area contributed by atoms with Gasteiger partial charge in [0, 0.05) is 36.6 Å². The molecule has 0 aromatic heterocycles. The van der Waals surface area contributed by atoms with E-state index in [1.807, 2.05) is 0 Å². The van der Waals surface area contributed by atoms with Crippen molar-refractivity contribution in [3.8, 4) is 0 Å². The van der Waals surface area contributed by atoms with Crippen molar-refractivity contribution in [3.63, 3.8) is 0 Å². The van der Waals surface area contributed by atoms with Gasteiger partial charge in [0.05, 0.1) is 0 Å². The molecular weight excluding hydrogens is 238 g/mol. The van der Waals surface area contributed by atoms with Gasteiger partial charge in [0.2, 0.25) is 5.91 Å². The first-order chi connectivity index (χ1) is 9.13. The summed E-state index contributed by atoms with van der Waals surface area (Å²) in [5.74, 6) is 0.416. The average molecular weight is 265 g/mol. The molecule has 4 atom stereocenters. The van der Waals surface area contributed by atoms with E-state index in [0.29, 0.717) is 12.1 Å². The van der Waals surface area contributed by atoms with Crippen LogP contribution in [0.4, 0.5) is 0 Å². The minimum Gasteiger partial charge on any atom is -0.352 e. The number of rotatable bonds is 3. The lowest BCUT2D eigenvalue weighted by Gasteiger charge is -2.27. The Balaban J connectivity index is 1.49. The topological polar surface area (TPSA) is 58.4 Å². The van der Waals surface area contributed by atoms with Gasteiger partial charge < -0.3 is 11.1 Å². The monoisotopic (exact) mass is 265 g/mol. The third kappa shape index (κ3) is 3.11.